The summed E-state index contributed by atoms with van der Waals surface area (Å²) in [5, 5.41) is 18.5. The van der Waals surface area contributed by atoms with E-state index in [4.69, 9.17) is 14.3 Å². The molecule has 12 heteroatoms. The molecule has 3 heterocycles. The second-order valence-corrected chi connectivity index (χ2v) is 12.2. The standard InChI is InChI=1S/C33H29BrN6O4S/c1-21-5-7-23(8-6-21)28-18-27(22-9-15-26(43-2)16-10-22)38-40(28)31(41)20-45-33-37-36-30(19-35-32(42)29-4-3-17-44-29)39(33)25-13-11-24(34)12-14-25/h3-17,28H,18-20H2,1-2H3,(H,35,42). The molecule has 0 fully saturated rings. The van der Waals surface area contributed by atoms with Crippen molar-refractivity contribution in [3.05, 3.63) is 124 Å². The van der Waals surface area contributed by atoms with Crippen LogP contribution >= 0.6 is 27.7 Å². The Morgan fingerprint density at radius 3 is 2.47 bits per heavy atom. The molecule has 0 saturated heterocycles. The molecule has 228 valence electrons. The first-order chi connectivity index (χ1) is 21.9. The molecule has 0 bridgehead atoms. The van der Waals surface area contributed by atoms with Crippen molar-refractivity contribution in [2.24, 2.45) is 5.10 Å². The molecule has 1 unspecified atom stereocenters. The number of thioether (sulfide) groups is 1. The summed E-state index contributed by atoms with van der Waals surface area (Å²) in [6, 6.07) is 26.5. The van der Waals surface area contributed by atoms with Crippen LogP contribution in [0.25, 0.3) is 5.69 Å². The summed E-state index contributed by atoms with van der Waals surface area (Å²) in [5.41, 5.74) is 4.71. The van der Waals surface area contributed by atoms with Gasteiger partial charge in [-0.25, -0.2) is 5.01 Å². The van der Waals surface area contributed by atoms with Gasteiger partial charge in [0.1, 0.15) is 5.75 Å². The molecule has 2 aromatic heterocycles. The Bertz CT molecular complexity index is 1820. The number of halogens is 1. The average molecular weight is 686 g/mol. The van der Waals surface area contributed by atoms with E-state index < -0.39 is 0 Å². The molecule has 1 aliphatic heterocycles. The average Bonchev–Trinajstić information content (AvgIpc) is 3.84. The maximum Gasteiger partial charge on any atom is 0.287 e. The quantitative estimate of drug-likeness (QED) is 0.171. The molecular weight excluding hydrogens is 656 g/mol. The predicted molar refractivity (Wildman–Crippen MR) is 175 cm³/mol. The molecule has 2 amide bonds. The van der Waals surface area contributed by atoms with E-state index in [1.807, 2.05) is 84.3 Å². The first kappa shape index (κ1) is 30.4. The van der Waals surface area contributed by atoms with Crippen molar-refractivity contribution in [3.8, 4) is 11.4 Å². The number of nitrogens with one attached hydrogen (secondary N) is 1. The highest BCUT2D eigenvalue weighted by molar-refractivity contribution is 9.10. The zero-order chi connectivity index (χ0) is 31.3. The number of hydrogen-bond donors (Lipinski definition) is 1. The monoisotopic (exact) mass is 684 g/mol. The van der Waals surface area contributed by atoms with Crippen LogP contribution in [0.5, 0.6) is 5.75 Å². The van der Waals surface area contributed by atoms with Crippen LogP contribution in [-0.4, -0.2) is 50.2 Å². The molecule has 1 atom stereocenters. The molecule has 6 rings (SSSR count). The van der Waals surface area contributed by atoms with Crippen LogP contribution < -0.4 is 10.1 Å². The van der Waals surface area contributed by atoms with Gasteiger partial charge in [0.25, 0.3) is 11.8 Å². The van der Waals surface area contributed by atoms with Gasteiger partial charge < -0.3 is 14.5 Å². The third-order valence-electron chi connectivity index (χ3n) is 7.31. The number of aromatic nitrogens is 3. The fourth-order valence-corrected chi connectivity index (χ4v) is 6.04. The van der Waals surface area contributed by atoms with Crippen LogP contribution in [0, 0.1) is 6.92 Å². The highest BCUT2D eigenvalue weighted by atomic mass is 79.9. The summed E-state index contributed by atoms with van der Waals surface area (Å²) in [6.45, 7) is 2.14. The number of methoxy groups -OCH3 is 1. The Morgan fingerprint density at radius 1 is 1.02 bits per heavy atom. The van der Waals surface area contributed by atoms with Crippen LogP contribution in [0.4, 0.5) is 0 Å². The lowest BCUT2D eigenvalue weighted by Crippen LogP contribution is -2.28. The van der Waals surface area contributed by atoms with E-state index in [-0.39, 0.29) is 35.9 Å². The van der Waals surface area contributed by atoms with Crippen molar-refractivity contribution in [2.75, 3.05) is 12.9 Å². The SMILES string of the molecule is COc1ccc(C2=NN(C(=O)CSc3nnc(CNC(=O)c4ccco4)n3-c3ccc(Br)cc3)C(c3ccc(C)cc3)C2)cc1. The van der Waals surface area contributed by atoms with E-state index >= 15 is 0 Å². The fraction of sp³-hybridized carbons (Fsp3) is 0.182. The van der Waals surface area contributed by atoms with Gasteiger partial charge >= 0.3 is 0 Å². The van der Waals surface area contributed by atoms with E-state index in [9.17, 15) is 9.59 Å². The summed E-state index contributed by atoms with van der Waals surface area (Å²) in [5.74, 6) is 1.02. The molecule has 0 aliphatic carbocycles. The number of hydrogen-bond acceptors (Lipinski definition) is 8. The molecule has 0 spiro atoms. The van der Waals surface area contributed by atoms with Crippen molar-refractivity contribution in [1.82, 2.24) is 25.1 Å². The fourth-order valence-electron chi connectivity index (χ4n) is 4.95. The summed E-state index contributed by atoms with van der Waals surface area (Å²) < 4.78 is 13.3. The Morgan fingerprint density at radius 2 is 1.78 bits per heavy atom. The van der Waals surface area contributed by atoms with Gasteiger partial charge in [-0.1, -0.05) is 57.5 Å². The second kappa shape index (κ2) is 13.5. The highest BCUT2D eigenvalue weighted by Crippen LogP contribution is 2.34. The first-order valence-electron chi connectivity index (χ1n) is 14.1. The van der Waals surface area contributed by atoms with Gasteiger partial charge in [0.05, 0.1) is 37.4 Å². The van der Waals surface area contributed by atoms with Crippen LogP contribution in [-0.2, 0) is 11.3 Å². The van der Waals surface area contributed by atoms with Crippen LogP contribution in [0.3, 0.4) is 0 Å². The lowest BCUT2D eigenvalue weighted by molar-refractivity contribution is -0.130. The number of furan rings is 1. The lowest BCUT2D eigenvalue weighted by Gasteiger charge is -2.22. The molecule has 45 heavy (non-hydrogen) atoms. The van der Waals surface area contributed by atoms with Gasteiger partial charge in [-0.05, 0) is 78.7 Å². The minimum atomic E-state index is -0.364. The molecule has 1 N–H and O–H groups in total. The van der Waals surface area contributed by atoms with E-state index in [1.165, 1.54) is 18.0 Å². The Labute approximate surface area is 272 Å². The summed E-state index contributed by atoms with van der Waals surface area (Å²) in [4.78, 5) is 26.4. The predicted octanol–water partition coefficient (Wildman–Crippen LogP) is 6.34. The highest BCUT2D eigenvalue weighted by Gasteiger charge is 2.33. The normalized spacial score (nSPS) is 14.3. The zero-order valence-electron chi connectivity index (χ0n) is 24.5. The maximum atomic E-state index is 13.8. The Kier molecular flexibility index (Phi) is 9.13. The van der Waals surface area contributed by atoms with E-state index in [0.29, 0.717) is 17.4 Å². The van der Waals surface area contributed by atoms with Gasteiger partial charge in [-0.2, -0.15) is 5.10 Å². The number of carbonyl (C=O) groups excluding carboxylic acids is 2. The number of amides is 2. The minimum absolute atomic E-state index is 0.0785. The number of aryl methyl sites for hydroxylation is 1. The van der Waals surface area contributed by atoms with E-state index in [2.05, 4.69) is 31.4 Å². The maximum absolute atomic E-state index is 13.8. The molecular formula is C33H29BrN6O4S. The minimum Gasteiger partial charge on any atom is -0.497 e. The van der Waals surface area contributed by atoms with Gasteiger partial charge in [0.2, 0.25) is 0 Å². The van der Waals surface area contributed by atoms with Crippen molar-refractivity contribution in [2.45, 2.75) is 31.1 Å². The number of rotatable bonds is 10. The van der Waals surface area contributed by atoms with Crippen molar-refractivity contribution in [1.29, 1.82) is 0 Å². The van der Waals surface area contributed by atoms with Crippen LogP contribution in [0.15, 0.2) is 110 Å². The summed E-state index contributed by atoms with van der Waals surface area (Å²) in [7, 11) is 1.63. The topological polar surface area (TPSA) is 115 Å². The molecule has 0 saturated carbocycles. The molecule has 10 nitrogen and oxygen atoms in total. The lowest BCUT2D eigenvalue weighted by atomic mass is 9.97. The van der Waals surface area contributed by atoms with Gasteiger partial charge in [0, 0.05) is 16.6 Å². The van der Waals surface area contributed by atoms with Gasteiger partial charge in [0.15, 0.2) is 16.7 Å². The Balaban J connectivity index is 1.24. The number of nitrogens with zero attached hydrogens (tertiary/aromatic N) is 5. The first-order valence-corrected chi connectivity index (χ1v) is 15.9. The smallest absolute Gasteiger partial charge is 0.287 e. The molecule has 3 aromatic carbocycles. The van der Waals surface area contributed by atoms with Gasteiger partial charge in [-0.3, -0.25) is 14.2 Å². The van der Waals surface area contributed by atoms with Crippen molar-refractivity contribution < 1.29 is 18.7 Å². The third kappa shape index (κ3) is 6.86. The van der Waals surface area contributed by atoms with Crippen LogP contribution in [0.1, 0.15) is 45.5 Å². The number of benzene rings is 3. The zero-order valence-corrected chi connectivity index (χ0v) is 26.9. The summed E-state index contributed by atoms with van der Waals surface area (Å²) in [6.07, 6.45) is 2.03. The molecule has 1 aliphatic rings. The van der Waals surface area contributed by atoms with Crippen molar-refractivity contribution >= 4 is 45.2 Å². The Hall–Kier alpha value is -4.68. The third-order valence-corrected chi connectivity index (χ3v) is 8.76. The van der Waals surface area contributed by atoms with Crippen LogP contribution in [0.2, 0.25) is 0 Å². The number of carbonyl (C=O) groups is 2. The van der Waals surface area contributed by atoms with E-state index in [1.54, 1.807) is 24.3 Å². The van der Waals surface area contributed by atoms with Crippen molar-refractivity contribution in [3.63, 3.8) is 0 Å². The molecule has 0 radical (unpaired) electrons. The largest absolute Gasteiger partial charge is 0.497 e. The molecule has 5 aromatic rings. The number of ether oxygens (including phenoxy) is 1. The number of hydrazone groups is 1. The second-order valence-electron chi connectivity index (χ2n) is 10.3. The van der Waals surface area contributed by atoms with Gasteiger partial charge in [-0.15, -0.1) is 10.2 Å². The summed E-state index contributed by atoms with van der Waals surface area (Å²) >= 11 is 4.75. The van der Waals surface area contributed by atoms with E-state index in [0.717, 1.165) is 38.3 Å².